The number of benzene rings is 1. The van der Waals surface area contributed by atoms with E-state index in [0.717, 1.165) is 28.9 Å². The predicted octanol–water partition coefficient (Wildman–Crippen LogP) is 3.83. The number of rotatable bonds is 1. The summed E-state index contributed by atoms with van der Waals surface area (Å²) in [5.74, 6) is 0.890. The van der Waals surface area contributed by atoms with E-state index in [9.17, 15) is 4.79 Å². The third kappa shape index (κ3) is 2.58. The topological polar surface area (TPSA) is 46.3 Å². The molecule has 1 saturated heterocycles. The van der Waals surface area contributed by atoms with Crippen molar-refractivity contribution in [1.29, 1.82) is 0 Å². The molecule has 0 aromatic heterocycles. The van der Waals surface area contributed by atoms with E-state index in [1.807, 2.05) is 12.1 Å². The van der Waals surface area contributed by atoms with Gasteiger partial charge in [0.25, 0.3) is 5.91 Å². The van der Waals surface area contributed by atoms with E-state index in [2.05, 4.69) is 20.8 Å². The summed E-state index contributed by atoms with van der Waals surface area (Å²) in [7, 11) is 0. The molecule has 1 amide bonds. The monoisotopic (exact) mass is 336 g/mol. The summed E-state index contributed by atoms with van der Waals surface area (Å²) in [5.41, 5.74) is 7.23. The summed E-state index contributed by atoms with van der Waals surface area (Å²) in [5, 5.41) is 0. The van der Waals surface area contributed by atoms with Gasteiger partial charge in [-0.25, -0.2) is 0 Å². The summed E-state index contributed by atoms with van der Waals surface area (Å²) in [4.78, 5) is 14.9. The number of nitrogens with zero attached hydrogens (tertiary/aromatic N) is 1. The van der Waals surface area contributed by atoms with Crippen molar-refractivity contribution in [3.05, 3.63) is 28.2 Å². The van der Waals surface area contributed by atoms with E-state index in [-0.39, 0.29) is 5.91 Å². The highest BCUT2D eigenvalue weighted by Crippen LogP contribution is 2.36. The molecule has 3 rings (SSSR count). The van der Waals surface area contributed by atoms with E-state index in [4.69, 9.17) is 5.73 Å². The van der Waals surface area contributed by atoms with Crippen LogP contribution in [0, 0.1) is 5.92 Å². The molecule has 2 fully saturated rings. The highest BCUT2D eigenvalue weighted by molar-refractivity contribution is 9.10. The molecule has 0 radical (unpaired) electrons. The Balaban J connectivity index is 1.83. The molecule has 1 saturated carbocycles. The first kappa shape index (κ1) is 13.9. The summed E-state index contributed by atoms with van der Waals surface area (Å²) >= 11 is 3.41. The number of nitrogens with two attached hydrogens (primary N) is 1. The van der Waals surface area contributed by atoms with Crippen LogP contribution in [0.5, 0.6) is 0 Å². The lowest BCUT2D eigenvalue weighted by Gasteiger charge is -2.44. The minimum Gasteiger partial charge on any atom is -0.398 e. The Labute approximate surface area is 128 Å². The van der Waals surface area contributed by atoms with E-state index in [0.29, 0.717) is 11.7 Å². The lowest BCUT2D eigenvalue weighted by Crippen LogP contribution is -2.49. The van der Waals surface area contributed by atoms with Crippen LogP contribution in [-0.4, -0.2) is 23.4 Å². The molecule has 2 atom stereocenters. The first-order chi connectivity index (χ1) is 9.66. The molecule has 1 aromatic rings. The van der Waals surface area contributed by atoms with Crippen LogP contribution < -0.4 is 5.73 Å². The second kappa shape index (κ2) is 5.76. The van der Waals surface area contributed by atoms with Crippen LogP contribution in [-0.2, 0) is 0 Å². The number of nitrogen functional groups attached to an aromatic ring is 1. The highest BCUT2D eigenvalue weighted by Gasteiger charge is 2.35. The second-order valence-corrected chi connectivity index (χ2v) is 6.84. The van der Waals surface area contributed by atoms with Crippen molar-refractivity contribution in [3.8, 4) is 0 Å². The molecule has 1 aliphatic carbocycles. The van der Waals surface area contributed by atoms with Crippen LogP contribution >= 0.6 is 15.9 Å². The molecule has 4 heteroatoms. The summed E-state index contributed by atoms with van der Waals surface area (Å²) in [6.45, 7) is 0.905. The number of hydrogen-bond donors (Lipinski definition) is 1. The molecular weight excluding hydrogens is 316 g/mol. The second-order valence-electron chi connectivity index (χ2n) is 5.99. The molecule has 1 heterocycles. The largest absolute Gasteiger partial charge is 0.398 e. The minimum absolute atomic E-state index is 0.169. The van der Waals surface area contributed by atoms with Gasteiger partial charge in [0, 0.05) is 28.3 Å². The fourth-order valence-electron chi connectivity index (χ4n) is 3.70. The van der Waals surface area contributed by atoms with Gasteiger partial charge < -0.3 is 10.6 Å². The first-order valence-corrected chi connectivity index (χ1v) is 8.32. The van der Waals surface area contributed by atoms with Crippen LogP contribution in [0.2, 0.25) is 0 Å². The Morgan fingerprint density at radius 2 is 1.95 bits per heavy atom. The third-order valence-electron chi connectivity index (χ3n) is 4.75. The lowest BCUT2D eigenvalue weighted by atomic mass is 9.78. The molecule has 0 bridgehead atoms. The number of carbonyl (C=O) groups excluding carboxylic acids is 1. The summed E-state index contributed by atoms with van der Waals surface area (Å²) in [6, 6.07) is 5.96. The molecule has 1 aromatic carbocycles. The van der Waals surface area contributed by atoms with Crippen molar-refractivity contribution in [3.63, 3.8) is 0 Å². The average Bonchev–Trinajstić information content (AvgIpc) is 2.49. The molecule has 0 unspecified atom stereocenters. The number of carbonyl (C=O) groups is 1. The number of hydrogen-bond acceptors (Lipinski definition) is 2. The number of fused-ring (bicyclic) bond motifs is 1. The highest BCUT2D eigenvalue weighted by atomic mass is 79.9. The molecule has 3 nitrogen and oxygen atoms in total. The first-order valence-electron chi connectivity index (χ1n) is 7.53. The summed E-state index contributed by atoms with van der Waals surface area (Å²) < 4.78 is 0.806. The number of likely N-dealkylation sites (tertiary alicyclic amines) is 1. The normalized spacial score (nSPS) is 26.1. The SMILES string of the molecule is Nc1ccc(C(=O)N2CCC[C@H]3CCCC[C@H]32)cc1Br. The van der Waals surface area contributed by atoms with E-state index < -0.39 is 0 Å². The van der Waals surface area contributed by atoms with Crippen molar-refractivity contribution in [1.82, 2.24) is 4.90 Å². The Kier molecular flexibility index (Phi) is 4.01. The van der Waals surface area contributed by atoms with Gasteiger partial charge in [0.2, 0.25) is 0 Å². The van der Waals surface area contributed by atoms with Gasteiger partial charge in [-0.15, -0.1) is 0 Å². The van der Waals surface area contributed by atoms with Gasteiger partial charge in [0.1, 0.15) is 0 Å². The van der Waals surface area contributed by atoms with E-state index >= 15 is 0 Å². The molecule has 20 heavy (non-hydrogen) atoms. The Morgan fingerprint density at radius 1 is 1.20 bits per heavy atom. The maximum Gasteiger partial charge on any atom is 0.254 e. The maximum atomic E-state index is 12.8. The van der Waals surface area contributed by atoms with Crippen LogP contribution in [0.25, 0.3) is 0 Å². The van der Waals surface area contributed by atoms with Crippen LogP contribution in [0.4, 0.5) is 5.69 Å². The molecule has 2 N–H and O–H groups in total. The number of piperidine rings is 1. The van der Waals surface area contributed by atoms with Crippen molar-refractivity contribution < 1.29 is 4.79 Å². The van der Waals surface area contributed by atoms with Crippen molar-refractivity contribution >= 4 is 27.5 Å². The van der Waals surface area contributed by atoms with Gasteiger partial charge in [-0.2, -0.15) is 0 Å². The van der Waals surface area contributed by atoms with Gasteiger partial charge in [-0.05, 0) is 65.7 Å². The molecular formula is C16H21BrN2O. The zero-order valence-electron chi connectivity index (χ0n) is 11.6. The van der Waals surface area contributed by atoms with E-state index in [1.165, 1.54) is 32.1 Å². The molecule has 1 aliphatic heterocycles. The van der Waals surface area contributed by atoms with Crippen molar-refractivity contribution in [2.75, 3.05) is 12.3 Å². The smallest absolute Gasteiger partial charge is 0.254 e. The minimum atomic E-state index is 0.169. The van der Waals surface area contributed by atoms with E-state index in [1.54, 1.807) is 6.07 Å². The molecule has 108 valence electrons. The average molecular weight is 337 g/mol. The molecule has 2 aliphatic rings. The van der Waals surface area contributed by atoms with Gasteiger partial charge in [0.15, 0.2) is 0 Å². The Morgan fingerprint density at radius 3 is 2.75 bits per heavy atom. The number of halogens is 1. The van der Waals surface area contributed by atoms with Crippen LogP contribution in [0.3, 0.4) is 0 Å². The Hall–Kier alpha value is -1.03. The van der Waals surface area contributed by atoms with Gasteiger partial charge >= 0.3 is 0 Å². The van der Waals surface area contributed by atoms with Gasteiger partial charge in [-0.1, -0.05) is 12.8 Å². The Bertz CT molecular complexity index is 515. The fourth-order valence-corrected chi connectivity index (χ4v) is 4.08. The quantitative estimate of drug-likeness (QED) is 0.792. The standard InChI is InChI=1S/C16H21BrN2O/c17-13-10-12(7-8-14(13)18)16(20)19-9-3-5-11-4-1-2-6-15(11)19/h7-8,10-11,15H,1-6,9,18H2/t11-,15-/m1/s1. The fraction of sp³-hybridized carbons (Fsp3) is 0.562. The third-order valence-corrected chi connectivity index (χ3v) is 5.44. The van der Waals surface area contributed by atoms with Crippen molar-refractivity contribution in [2.45, 2.75) is 44.6 Å². The number of amides is 1. The molecule has 0 spiro atoms. The zero-order chi connectivity index (χ0) is 14.1. The summed E-state index contributed by atoms with van der Waals surface area (Å²) in [6.07, 6.45) is 7.49. The van der Waals surface area contributed by atoms with Crippen molar-refractivity contribution in [2.24, 2.45) is 5.92 Å². The van der Waals surface area contributed by atoms with Crippen LogP contribution in [0.15, 0.2) is 22.7 Å². The number of anilines is 1. The lowest BCUT2D eigenvalue weighted by molar-refractivity contribution is 0.0390. The predicted molar refractivity (Wildman–Crippen MR) is 84.6 cm³/mol. The van der Waals surface area contributed by atoms with Gasteiger partial charge in [-0.3, -0.25) is 4.79 Å². The van der Waals surface area contributed by atoms with Gasteiger partial charge in [0.05, 0.1) is 0 Å². The zero-order valence-corrected chi connectivity index (χ0v) is 13.2. The maximum absolute atomic E-state index is 12.8. The van der Waals surface area contributed by atoms with Crippen LogP contribution in [0.1, 0.15) is 48.9 Å².